The van der Waals surface area contributed by atoms with Crippen LogP contribution in [0.4, 0.5) is 0 Å². The number of rotatable bonds is 10. The van der Waals surface area contributed by atoms with Crippen LogP contribution in [0.2, 0.25) is 0 Å². The fourth-order valence-corrected chi connectivity index (χ4v) is 1.77. The molecule has 0 aromatic rings. The van der Waals surface area contributed by atoms with Gasteiger partial charge >= 0.3 is 0 Å². The molecule has 3 heteroatoms. The molecule has 0 unspecified atom stereocenters. The van der Waals surface area contributed by atoms with Crippen LogP contribution in [0.15, 0.2) is 0 Å². The van der Waals surface area contributed by atoms with Gasteiger partial charge in [-0.1, -0.05) is 61.3 Å². The first-order valence-electron chi connectivity index (χ1n) is 9.06. The predicted octanol–water partition coefficient (Wildman–Crippen LogP) is 4.86. The minimum atomic E-state index is 0.221. The Labute approximate surface area is 134 Å². The van der Waals surface area contributed by atoms with Crippen LogP contribution in [0, 0.1) is 0 Å². The maximum Gasteiger partial charge on any atom is 0.219 e. The van der Waals surface area contributed by atoms with Crippen LogP contribution in [-0.2, 0) is 4.79 Å². The number of amides is 1. The van der Waals surface area contributed by atoms with Crippen molar-refractivity contribution in [3.8, 4) is 0 Å². The highest BCUT2D eigenvalue weighted by Gasteiger charge is 2.06. The SMILES string of the molecule is CC.CC.CCCCN(CCCCCNC(C)C)C(C)=O. The number of unbranched alkanes of at least 4 members (excludes halogenated alkanes) is 3. The molecule has 3 nitrogen and oxygen atoms in total. The van der Waals surface area contributed by atoms with Gasteiger partial charge in [0.15, 0.2) is 0 Å². The smallest absolute Gasteiger partial charge is 0.219 e. The quantitative estimate of drug-likeness (QED) is 0.585. The Morgan fingerprint density at radius 1 is 0.952 bits per heavy atom. The zero-order valence-corrected chi connectivity index (χ0v) is 16.1. The van der Waals surface area contributed by atoms with E-state index < -0.39 is 0 Å². The minimum absolute atomic E-state index is 0.221. The zero-order valence-electron chi connectivity index (χ0n) is 16.1. The van der Waals surface area contributed by atoms with Gasteiger partial charge in [0.05, 0.1) is 0 Å². The van der Waals surface area contributed by atoms with Crippen LogP contribution < -0.4 is 5.32 Å². The number of nitrogens with one attached hydrogen (secondary N) is 1. The molecule has 0 atom stereocenters. The van der Waals surface area contributed by atoms with Crippen LogP contribution in [0.1, 0.15) is 87.5 Å². The van der Waals surface area contributed by atoms with Crippen molar-refractivity contribution >= 4 is 5.91 Å². The highest BCUT2D eigenvalue weighted by Crippen LogP contribution is 2.01. The third-order valence-electron chi connectivity index (χ3n) is 2.88. The summed E-state index contributed by atoms with van der Waals surface area (Å²) in [7, 11) is 0. The van der Waals surface area contributed by atoms with Gasteiger partial charge in [0, 0.05) is 26.1 Å². The van der Waals surface area contributed by atoms with Gasteiger partial charge in [0.1, 0.15) is 0 Å². The molecule has 0 bridgehead atoms. The van der Waals surface area contributed by atoms with Crippen molar-refractivity contribution in [2.24, 2.45) is 0 Å². The molecule has 0 saturated heterocycles. The maximum absolute atomic E-state index is 11.4. The molecule has 21 heavy (non-hydrogen) atoms. The third kappa shape index (κ3) is 21.9. The molecular weight excluding hydrogens is 260 g/mol. The van der Waals surface area contributed by atoms with Gasteiger partial charge in [-0.3, -0.25) is 4.79 Å². The van der Waals surface area contributed by atoms with Crippen LogP contribution in [0.5, 0.6) is 0 Å². The average molecular weight is 303 g/mol. The summed E-state index contributed by atoms with van der Waals surface area (Å²) in [4.78, 5) is 13.4. The van der Waals surface area contributed by atoms with Gasteiger partial charge in [0.2, 0.25) is 5.91 Å². The topological polar surface area (TPSA) is 32.3 Å². The van der Waals surface area contributed by atoms with Crippen molar-refractivity contribution in [3.63, 3.8) is 0 Å². The second-order valence-corrected chi connectivity index (χ2v) is 5.03. The molecule has 0 aliphatic heterocycles. The Bertz CT molecular complexity index is 194. The standard InChI is InChI=1S/C14H30N2O.2C2H6/c1-5-6-11-16(14(4)17)12-9-7-8-10-15-13(2)3;2*1-2/h13,15H,5-12H2,1-4H3;2*1-2H3. The first-order chi connectivity index (χ1) is 10.1. The summed E-state index contributed by atoms with van der Waals surface area (Å²) in [6.07, 6.45) is 5.81. The lowest BCUT2D eigenvalue weighted by Crippen LogP contribution is -2.31. The van der Waals surface area contributed by atoms with E-state index in [-0.39, 0.29) is 5.91 Å². The van der Waals surface area contributed by atoms with Crippen LogP contribution in [-0.4, -0.2) is 36.5 Å². The van der Waals surface area contributed by atoms with E-state index in [0.29, 0.717) is 6.04 Å². The minimum Gasteiger partial charge on any atom is -0.343 e. The Balaban J connectivity index is -0.000000739. The van der Waals surface area contributed by atoms with E-state index in [4.69, 9.17) is 0 Å². The highest BCUT2D eigenvalue weighted by atomic mass is 16.2. The highest BCUT2D eigenvalue weighted by molar-refractivity contribution is 5.73. The third-order valence-corrected chi connectivity index (χ3v) is 2.88. The zero-order chi connectivity index (χ0) is 17.1. The van der Waals surface area contributed by atoms with E-state index in [9.17, 15) is 4.79 Å². The van der Waals surface area contributed by atoms with E-state index in [2.05, 4.69) is 26.1 Å². The summed E-state index contributed by atoms with van der Waals surface area (Å²) in [5, 5.41) is 3.41. The van der Waals surface area contributed by atoms with E-state index >= 15 is 0 Å². The molecule has 0 aliphatic carbocycles. The van der Waals surface area contributed by atoms with Crippen molar-refractivity contribution in [3.05, 3.63) is 0 Å². The molecule has 1 N–H and O–H groups in total. The molecule has 0 aliphatic rings. The van der Waals surface area contributed by atoms with Gasteiger partial charge in [-0.05, 0) is 25.8 Å². The van der Waals surface area contributed by atoms with Crippen molar-refractivity contribution < 1.29 is 4.79 Å². The Morgan fingerprint density at radius 2 is 1.48 bits per heavy atom. The Kier molecular flexibility index (Phi) is 26.3. The predicted molar refractivity (Wildman–Crippen MR) is 96.8 cm³/mol. The van der Waals surface area contributed by atoms with Gasteiger partial charge in [-0.25, -0.2) is 0 Å². The maximum atomic E-state index is 11.4. The van der Waals surface area contributed by atoms with E-state index in [0.717, 1.165) is 38.9 Å². The van der Waals surface area contributed by atoms with E-state index in [1.165, 1.54) is 12.8 Å². The van der Waals surface area contributed by atoms with Gasteiger partial charge in [-0.2, -0.15) is 0 Å². The summed E-state index contributed by atoms with van der Waals surface area (Å²) < 4.78 is 0. The first-order valence-corrected chi connectivity index (χ1v) is 9.06. The lowest BCUT2D eigenvalue weighted by molar-refractivity contribution is -0.129. The van der Waals surface area contributed by atoms with Gasteiger partial charge in [0.25, 0.3) is 0 Å². The number of carbonyl (C=O) groups excluding carboxylic acids is 1. The molecule has 0 rings (SSSR count). The van der Waals surface area contributed by atoms with Crippen molar-refractivity contribution in [1.29, 1.82) is 0 Å². The lowest BCUT2D eigenvalue weighted by Gasteiger charge is -2.20. The molecule has 0 aromatic heterocycles. The lowest BCUT2D eigenvalue weighted by atomic mass is 10.2. The number of hydrogen-bond acceptors (Lipinski definition) is 2. The second kappa shape index (κ2) is 21.7. The number of nitrogens with zero attached hydrogens (tertiary/aromatic N) is 1. The van der Waals surface area contributed by atoms with Gasteiger partial charge in [-0.15, -0.1) is 0 Å². The first kappa shape index (κ1) is 25.4. The molecule has 0 fully saturated rings. The van der Waals surface area contributed by atoms with Gasteiger partial charge < -0.3 is 10.2 Å². The summed E-state index contributed by atoms with van der Waals surface area (Å²) in [6.45, 7) is 19.1. The molecule has 0 aromatic carbocycles. The molecule has 0 saturated carbocycles. The summed E-state index contributed by atoms with van der Waals surface area (Å²) >= 11 is 0. The van der Waals surface area contributed by atoms with Crippen LogP contribution >= 0.6 is 0 Å². The summed E-state index contributed by atoms with van der Waals surface area (Å²) in [5.74, 6) is 0.221. The largest absolute Gasteiger partial charge is 0.343 e. The summed E-state index contributed by atoms with van der Waals surface area (Å²) in [5.41, 5.74) is 0. The van der Waals surface area contributed by atoms with Crippen molar-refractivity contribution in [1.82, 2.24) is 10.2 Å². The van der Waals surface area contributed by atoms with Crippen molar-refractivity contribution in [2.45, 2.75) is 93.5 Å². The summed E-state index contributed by atoms with van der Waals surface area (Å²) in [6, 6.07) is 0.577. The molecule has 0 radical (unpaired) electrons. The number of carbonyl (C=O) groups is 1. The fraction of sp³-hybridized carbons (Fsp3) is 0.944. The van der Waals surface area contributed by atoms with Crippen LogP contribution in [0.3, 0.4) is 0 Å². The van der Waals surface area contributed by atoms with Crippen molar-refractivity contribution in [2.75, 3.05) is 19.6 Å². The number of hydrogen-bond donors (Lipinski definition) is 1. The fourth-order valence-electron chi connectivity index (χ4n) is 1.77. The van der Waals surface area contributed by atoms with E-state index in [1.54, 1.807) is 6.92 Å². The monoisotopic (exact) mass is 302 g/mol. The molecule has 0 heterocycles. The molecular formula is C18H42N2O. The Morgan fingerprint density at radius 3 is 1.90 bits per heavy atom. The molecule has 0 spiro atoms. The molecule has 130 valence electrons. The average Bonchev–Trinajstić information content (AvgIpc) is 2.49. The Hall–Kier alpha value is -0.570. The van der Waals surface area contributed by atoms with Crippen LogP contribution in [0.25, 0.3) is 0 Å². The normalized spacial score (nSPS) is 9.38. The molecule has 1 amide bonds. The van der Waals surface area contributed by atoms with E-state index in [1.807, 2.05) is 32.6 Å². The second-order valence-electron chi connectivity index (χ2n) is 5.03.